The average molecular weight is 586 g/mol. The van der Waals surface area contributed by atoms with E-state index in [1.807, 2.05) is 0 Å². The fraction of sp³-hybridized carbons (Fsp3) is 0.583. The first-order chi connectivity index (χ1) is 17.7. The van der Waals surface area contributed by atoms with E-state index in [2.05, 4.69) is 15.2 Å². The van der Waals surface area contributed by atoms with E-state index in [0.29, 0.717) is 25.7 Å². The lowest BCUT2D eigenvalue weighted by Gasteiger charge is -2.27. The lowest BCUT2D eigenvalue weighted by molar-refractivity contribution is -0.134. The maximum absolute atomic E-state index is 13.2. The fourth-order valence-corrected chi connectivity index (χ4v) is 6.01. The van der Waals surface area contributed by atoms with Gasteiger partial charge in [0.05, 0.1) is 16.0 Å². The van der Waals surface area contributed by atoms with Crippen molar-refractivity contribution >= 4 is 27.3 Å². The van der Waals surface area contributed by atoms with Crippen molar-refractivity contribution in [3.63, 3.8) is 0 Å². The quantitative estimate of drug-likeness (QED) is 0.364. The smallest absolute Gasteiger partial charge is 0.389 e. The molecule has 1 aliphatic rings. The molecular formula is C24H29ClF5N3O4S. The number of alkyl halides is 5. The minimum atomic E-state index is -4.41. The Hall–Kier alpha value is -2.41. The fourth-order valence-electron chi connectivity index (χ4n) is 4.55. The summed E-state index contributed by atoms with van der Waals surface area (Å²) in [4.78, 5) is 12.9. The zero-order valence-electron chi connectivity index (χ0n) is 20.8. The third kappa shape index (κ3) is 7.81. The van der Waals surface area contributed by atoms with E-state index in [1.54, 1.807) is 6.92 Å². The van der Waals surface area contributed by atoms with Gasteiger partial charge in [-0.2, -0.15) is 27.1 Å². The van der Waals surface area contributed by atoms with E-state index in [1.165, 1.54) is 23.1 Å². The number of ether oxygens (including phenoxy) is 1. The Kier molecular flexibility index (Phi) is 9.66. The highest BCUT2D eigenvalue weighted by molar-refractivity contribution is 7.91. The maximum Gasteiger partial charge on any atom is 0.389 e. The zero-order valence-corrected chi connectivity index (χ0v) is 22.4. The van der Waals surface area contributed by atoms with E-state index >= 15 is 0 Å². The van der Waals surface area contributed by atoms with Crippen LogP contribution in [-0.4, -0.2) is 54.9 Å². The van der Waals surface area contributed by atoms with E-state index in [0.717, 1.165) is 6.07 Å². The molecule has 0 bridgehead atoms. The number of halogens is 6. The predicted molar refractivity (Wildman–Crippen MR) is 132 cm³/mol. The molecule has 1 aliphatic carbocycles. The SMILES string of the molecule is CCn1nc(C(=O)NC[C@H]2CC[C@H](S(C)(=O)=O)CC2)c(Cl)c1-c1ccc(CCC(F)(F)F)cc1OC(F)F. The number of aromatic nitrogens is 2. The molecule has 1 saturated carbocycles. The Bertz CT molecular complexity index is 1240. The van der Waals surface area contributed by atoms with Crippen LogP contribution in [0.1, 0.15) is 55.1 Å². The van der Waals surface area contributed by atoms with Crippen molar-refractivity contribution in [2.24, 2.45) is 5.92 Å². The molecule has 1 N–H and O–H groups in total. The number of nitrogens with one attached hydrogen (secondary N) is 1. The van der Waals surface area contributed by atoms with Gasteiger partial charge in [0.15, 0.2) is 5.69 Å². The third-order valence-corrected chi connectivity index (χ3v) is 8.61. The molecule has 0 aliphatic heterocycles. The number of hydrogen-bond acceptors (Lipinski definition) is 5. The van der Waals surface area contributed by atoms with Crippen LogP contribution >= 0.6 is 11.6 Å². The Labute approximate surface area is 222 Å². The van der Waals surface area contributed by atoms with Crippen molar-refractivity contribution in [2.45, 2.75) is 70.0 Å². The molecule has 14 heteroatoms. The van der Waals surface area contributed by atoms with Gasteiger partial charge < -0.3 is 10.1 Å². The third-order valence-electron chi connectivity index (χ3n) is 6.57. The summed E-state index contributed by atoms with van der Waals surface area (Å²) in [5.74, 6) is -0.892. The number of carbonyl (C=O) groups is 1. The van der Waals surface area contributed by atoms with Gasteiger partial charge in [-0.25, -0.2) is 8.42 Å². The summed E-state index contributed by atoms with van der Waals surface area (Å²) < 4.78 is 93.6. The van der Waals surface area contributed by atoms with Crippen LogP contribution in [0, 0.1) is 5.92 Å². The van der Waals surface area contributed by atoms with Crippen LogP contribution in [-0.2, 0) is 22.8 Å². The summed E-state index contributed by atoms with van der Waals surface area (Å²) in [6.07, 6.45) is -2.45. The monoisotopic (exact) mass is 585 g/mol. The number of aryl methyl sites for hydroxylation is 2. The Morgan fingerprint density at radius 3 is 2.45 bits per heavy atom. The van der Waals surface area contributed by atoms with Gasteiger partial charge in [-0.3, -0.25) is 9.48 Å². The van der Waals surface area contributed by atoms with Gasteiger partial charge in [0.25, 0.3) is 5.91 Å². The predicted octanol–water partition coefficient (Wildman–Crippen LogP) is 5.65. The van der Waals surface area contributed by atoms with Crippen LogP contribution in [0.2, 0.25) is 5.02 Å². The zero-order chi connectivity index (χ0) is 28.3. The molecule has 2 aromatic rings. The highest BCUT2D eigenvalue weighted by Gasteiger charge is 2.30. The second-order valence-electron chi connectivity index (χ2n) is 9.33. The number of nitrogens with zero attached hydrogens (tertiary/aromatic N) is 2. The van der Waals surface area contributed by atoms with Gasteiger partial charge in [-0.1, -0.05) is 17.7 Å². The first-order valence-electron chi connectivity index (χ1n) is 12.1. The number of sulfone groups is 1. The summed E-state index contributed by atoms with van der Waals surface area (Å²) >= 11 is 6.50. The molecule has 1 heterocycles. The molecule has 0 spiro atoms. The number of hydrogen-bond donors (Lipinski definition) is 1. The topological polar surface area (TPSA) is 90.3 Å². The lowest BCUT2D eigenvalue weighted by Crippen LogP contribution is -2.34. The van der Waals surface area contributed by atoms with Crippen LogP contribution in [0.3, 0.4) is 0 Å². The second-order valence-corrected chi connectivity index (χ2v) is 12.0. The lowest BCUT2D eigenvalue weighted by atomic mass is 9.89. The van der Waals surface area contributed by atoms with Crippen molar-refractivity contribution < 1.29 is 39.9 Å². The summed E-state index contributed by atoms with van der Waals surface area (Å²) in [6, 6.07) is 3.78. The van der Waals surface area contributed by atoms with E-state index in [4.69, 9.17) is 11.6 Å². The van der Waals surface area contributed by atoms with Crippen LogP contribution < -0.4 is 10.1 Å². The normalized spacial score (nSPS) is 18.6. The molecule has 1 aromatic heterocycles. The molecule has 0 saturated heterocycles. The van der Waals surface area contributed by atoms with Gasteiger partial charge in [0, 0.05) is 31.3 Å². The second kappa shape index (κ2) is 12.2. The molecule has 1 amide bonds. The van der Waals surface area contributed by atoms with E-state index < -0.39 is 41.4 Å². The summed E-state index contributed by atoms with van der Waals surface area (Å²) in [6.45, 7) is -1.06. The largest absolute Gasteiger partial charge is 0.434 e. The van der Waals surface area contributed by atoms with Gasteiger partial charge in [0.2, 0.25) is 0 Å². The molecule has 1 aromatic carbocycles. The Morgan fingerprint density at radius 1 is 1.24 bits per heavy atom. The highest BCUT2D eigenvalue weighted by atomic mass is 35.5. The van der Waals surface area contributed by atoms with Crippen LogP contribution in [0.25, 0.3) is 11.3 Å². The van der Waals surface area contributed by atoms with Crippen molar-refractivity contribution in [3.05, 3.63) is 34.5 Å². The number of benzene rings is 1. The summed E-state index contributed by atoms with van der Waals surface area (Å²) in [5.41, 5.74) is 0.172. The first kappa shape index (κ1) is 30.1. The molecule has 7 nitrogen and oxygen atoms in total. The maximum atomic E-state index is 13.2. The Morgan fingerprint density at radius 2 is 1.89 bits per heavy atom. The number of carbonyl (C=O) groups excluding carboxylic acids is 1. The molecule has 38 heavy (non-hydrogen) atoms. The first-order valence-corrected chi connectivity index (χ1v) is 14.4. The summed E-state index contributed by atoms with van der Waals surface area (Å²) in [7, 11) is -3.11. The van der Waals surface area contributed by atoms with Crippen LogP contribution in [0.15, 0.2) is 18.2 Å². The minimum Gasteiger partial charge on any atom is -0.434 e. The molecule has 212 valence electrons. The molecule has 0 radical (unpaired) electrons. The van der Waals surface area contributed by atoms with Crippen molar-refractivity contribution in [2.75, 3.05) is 12.8 Å². The van der Waals surface area contributed by atoms with Gasteiger partial charge in [0.1, 0.15) is 15.6 Å². The van der Waals surface area contributed by atoms with Gasteiger partial charge in [-0.05, 0) is 62.6 Å². The van der Waals surface area contributed by atoms with Crippen LogP contribution in [0.4, 0.5) is 22.0 Å². The van der Waals surface area contributed by atoms with E-state index in [9.17, 15) is 35.2 Å². The standard InChI is InChI=1S/C24H29ClF5N3O4S/c1-3-33-21(17-9-6-14(10-11-24(28,29)30)12-18(17)37-23(26)27)19(25)20(32-33)22(34)31-13-15-4-7-16(8-5-15)38(2,35)36/h6,9,12,15-16,23H,3-5,7-8,10-11,13H2,1-2H3,(H,31,34)/t15-,16-. The van der Waals surface area contributed by atoms with Gasteiger partial charge >= 0.3 is 12.8 Å². The molecule has 0 atom stereocenters. The molecule has 1 fully saturated rings. The van der Waals surface area contributed by atoms with Crippen LogP contribution in [0.5, 0.6) is 5.75 Å². The number of amides is 1. The number of rotatable bonds is 10. The highest BCUT2D eigenvalue weighted by Crippen LogP contribution is 2.39. The Balaban J connectivity index is 1.81. The van der Waals surface area contributed by atoms with Crippen molar-refractivity contribution in [3.8, 4) is 17.0 Å². The van der Waals surface area contributed by atoms with Crippen molar-refractivity contribution in [1.82, 2.24) is 15.1 Å². The molecule has 0 unspecified atom stereocenters. The van der Waals surface area contributed by atoms with Crippen molar-refractivity contribution in [1.29, 1.82) is 0 Å². The molecular weight excluding hydrogens is 557 g/mol. The van der Waals surface area contributed by atoms with Gasteiger partial charge in [-0.15, -0.1) is 0 Å². The van der Waals surface area contributed by atoms with E-state index in [-0.39, 0.29) is 57.5 Å². The minimum absolute atomic E-state index is 0.0542. The average Bonchev–Trinajstić information content (AvgIpc) is 3.16. The summed E-state index contributed by atoms with van der Waals surface area (Å²) in [5, 5.41) is 6.49. The molecule has 3 rings (SSSR count).